The van der Waals surface area contributed by atoms with E-state index in [0.717, 1.165) is 16.0 Å². The molecule has 0 heterocycles. The number of thiocarbonyl (C=S) groups is 1. The second kappa shape index (κ2) is 6.24. The van der Waals surface area contributed by atoms with Gasteiger partial charge in [-0.3, -0.25) is 0 Å². The molecule has 104 valence electrons. The zero-order chi connectivity index (χ0) is 14.7. The Labute approximate surface area is 127 Å². The molecule has 0 saturated heterocycles. The van der Waals surface area contributed by atoms with Crippen molar-refractivity contribution in [3.8, 4) is 0 Å². The number of anilines is 2. The fraction of sp³-hybridized carbons (Fsp3) is 0.133. The molecule has 0 atom stereocenters. The minimum absolute atomic E-state index is 0.297. The van der Waals surface area contributed by atoms with E-state index in [-0.39, 0.29) is 5.82 Å². The summed E-state index contributed by atoms with van der Waals surface area (Å²) in [5.41, 5.74) is 8.66. The Morgan fingerprint density at radius 3 is 2.65 bits per heavy atom. The van der Waals surface area contributed by atoms with E-state index in [1.165, 1.54) is 6.07 Å². The van der Waals surface area contributed by atoms with Crippen molar-refractivity contribution in [2.24, 2.45) is 5.73 Å². The molecule has 0 radical (unpaired) electrons. The van der Waals surface area contributed by atoms with Gasteiger partial charge in [0.1, 0.15) is 10.8 Å². The number of halogens is 1. The predicted octanol–water partition coefficient (Wildman–Crippen LogP) is 4.23. The molecule has 2 nitrogen and oxygen atoms in total. The summed E-state index contributed by atoms with van der Waals surface area (Å²) in [7, 11) is 0. The van der Waals surface area contributed by atoms with Gasteiger partial charge in [0.15, 0.2) is 0 Å². The summed E-state index contributed by atoms with van der Waals surface area (Å²) < 4.78 is 13.8. The molecule has 0 aromatic heterocycles. The maximum absolute atomic E-state index is 13.8. The van der Waals surface area contributed by atoms with E-state index >= 15 is 0 Å². The fourth-order valence-electron chi connectivity index (χ4n) is 1.94. The standard InChI is InChI=1S/C15H15FN2S2/c1-9-6-7-10(16)12(8-9)18-11-4-3-5-13(20-2)14(11)15(17)19/h3-8,18H,1-2H3,(H2,17,19). The van der Waals surface area contributed by atoms with Crippen molar-refractivity contribution >= 4 is 40.3 Å². The number of rotatable bonds is 4. The van der Waals surface area contributed by atoms with Crippen LogP contribution in [0.25, 0.3) is 0 Å². The fourth-order valence-corrected chi connectivity index (χ4v) is 2.86. The SMILES string of the molecule is CSc1cccc(Nc2cc(C)ccc2F)c1C(N)=S. The molecule has 2 aromatic carbocycles. The second-order valence-electron chi connectivity index (χ2n) is 4.36. The highest BCUT2D eigenvalue weighted by Gasteiger charge is 2.12. The van der Waals surface area contributed by atoms with Crippen molar-refractivity contribution in [2.45, 2.75) is 11.8 Å². The quantitative estimate of drug-likeness (QED) is 0.655. The van der Waals surface area contributed by atoms with Crippen LogP contribution in [0, 0.1) is 12.7 Å². The Morgan fingerprint density at radius 2 is 2.00 bits per heavy atom. The zero-order valence-corrected chi connectivity index (χ0v) is 12.9. The molecule has 2 aromatic rings. The summed E-state index contributed by atoms with van der Waals surface area (Å²) >= 11 is 6.66. The molecule has 20 heavy (non-hydrogen) atoms. The maximum Gasteiger partial charge on any atom is 0.146 e. The Morgan fingerprint density at radius 1 is 1.25 bits per heavy atom. The van der Waals surface area contributed by atoms with E-state index in [9.17, 15) is 4.39 Å². The zero-order valence-electron chi connectivity index (χ0n) is 11.2. The van der Waals surface area contributed by atoms with Gasteiger partial charge < -0.3 is 11.1 Å². The van der Waals surface area contributed by atoms with Gasteiger partial charge in [0.2, 0.25) is 0 Å². The Hall–Kier alpha value is -1.59. The highest BCUT2D eigenvalue weighted by atomic mass is 32.2. The van der Waals surface area contributed by atoms with Crippen molar-refractivity contribution in [1.82, 2.24) is 0 Å². The van der Waals surface area contributed by atoms with Crippen LogP contribution in [-0.4, -0.2) is 11.2 Å². The highest BCUT2D eigenvalue weighted by molar-refractivity contribution is 7.98. The van der Waals surface area contributed by atoms with E-state index in [2.05, 4.69) is 5.32 Å². The average molecular weight is 306 g/mol. The largest absolute Gasteiger partial charge is 0.389 e. The molecule has 0 fully saturated rings. The minimum atomic E-state index is -0.306. The number of aryl methyl sites for hydroxylation is 1. The summed E-state index contributed by atoms with van der Waals surface area (Å²) in [5, 5.41) is 3.08. The average Bonchev–Trinajstić information content (AvgIpc) is 2.42. The lowest BCUT2D eigenvalue weighted by molar-refractivity contribution is 0.631. The molecule has 5 heteroatoms. The summed E-state index contributed by atoms with van der Waals surface area (Å²) in [5.74, 6) is -0.306. The molecule has 0 aliphatic carbocycles. The molecule has 2 rings (SSSR count). The van der Waals surface area contributed by atoms with Crippen LogP contribution in [0.5, 0.6) is 0 Å². The number of thioether (sulfide) groups is 1. The van der Waals surface area contributed by atoms with Crippen LogP contribution < -0.4 is 11.1 Å². The maximum atomic E-state index is 13.8. The van der Waals surface area contributed by atoms with Gasteiger partial charge in [0.25, 0.3) is 0 Å². The number of benzene rings is 2. The van der Waals surface area contributed by atoms with Gasteiger partial charge >= 0.3 is 0 Å². The van der Waals surface area contributed by atoms with Crippen molar-refractivity contribution in [2.75, 3.05) is 11.6 Å². The van der Waals surface area contributed by atoms with Crippen molar-refractivity contribution in [1.29, 1.82) is 0 Å². The van der Waals surface area contributed by atoms with Crippen LogP contribution in [-0.2, 0) is 0 Å². The smallest absolute Gasteiger partial charge is 0.146 e. The first-order valence-electron chi connectivity index (χ1n) is 6.03. The first kappa shape index (κ1) is 14.8. The van der Waals surface area contributed by atoms with Crippen LogP contribution in [0.15, 0.2) is 41.3 Å². The van der Waals surface area contributed by atoms with Crippen LogP contribution in [0.4, 0.5) is 15.8 Å². The van der Waals surface area contributed by atoms with Gasteiger partial charge in [-0.05, 0) is 43.0 Å². The first-order chi connectivity index (χ1) is 9.52. The van der Waals surface area contributed by atoms with E-state index in [1.807, 2.05) is 31.4 Å². The molecule has 0 spiro atoms. The van der Waals surface area contributed by atoms with Gasteiger partial charge in [-0.15, -0.1) is 11.8 Å². The van der Waals surface area contributed by atoms with E-state index < -0.39 is 0 Å². The van der Waals surface area contributed by atoms with Crippen LogP contribution in [0.3, 0.4) is 0 Å². The normalized spacial score (nSPS) is 10.3. The number of nitrogens with two attached hydrogens (primary N) is 1. The lowest BCUT2D eigenvalue weighted by atomic mass is 10.1. The predicted molar refractivity (Wildman–Crippen MR) is 88.5 cm³/mol. The van der Waals surface area contributed by atoms with E-state index in [1.54, 1.807) is 23.9 Å². The number of nitrogens with one attached hydrogen (secondary N) is 1. The summed E-state index contributed by atoms with van der Waals surface area (Å²) in [6, 6.07) is 10.6. The van der Waals surface area contributed by atoms with Crippen LogP contribution >= 0.6 is 24.0 Å². The van der Waals surface area contributed by atoms with Gasteiger partial charge in [0, 0.05) is 16.1 Å². The van der Waals surface area contributed by atoms with Gasteiger partial charge in [-0.1, -0.05) is 24.4 Å². The molecular weight excluding hydrogens is 291 g/mol. The third-order valence-electron chi connectivity index (χ3n) is 2.88. The van der Waals surface area contributed by atoms with E-state index in [4.69, 9.17) is 18.0 Å². The molecule has 0 amide bonds. The summed E-state index contributed by atoms with van der Waals surface area (Å²) in [4.78, 5) is 1.26. The number of hydrogen-bond acceptors (Lipinski definition) is 3. The van der Waals surface area contributed by atoms with Crippen molar-refractivity contribution in [3.63, 3.8) is 0 Å². The van der Waals surface area contributed by atoms with Crippen molar-refractivity contribution < 1.29 is 4.39 Å². The molecule has 0 saturated carbocycles. The molecule has 0 unspecified atom stereocenters. The third-order valence-corrected chi connectivity index (χ3v) is 3.87. The molecule has 0 bridgehead atoms. The Balaban J connectivity index is 2.48. The lowest BCUT2D eigenvalue weighted by Gasteiger charge is -2.15. The monoisotopic (exact) mass is 306 g/mol. The number of hydrogen-bond donors (Lipinski definition) is 2. The molecule has 0 aliphatic heterocycles. The Bertz CT molecular complexity index is 656. The minimum Gasteiger partial charge on any atom is -0.389 e. The van der Waals surface area contributed by atoms with Crippen LogP contribution in [0.1, 0.15) is 11.1 Å². The first-order valence-corrected chi connectivity index (χ1v) is 7.66. The molecule has 0 aliphatic rings. The van der Waals surface area contributed by atoms with Gasteiger partial charge in [-0.25, -0.2) is 4.39 Å². The van der Waals surface area contributed by atoms with Crippen molar-refractivity contribution in [3.05, 3.63) is 53.3 Å². The Kier molecular flexibility index (Phi) is 4.62. The topological polar surface area (TPSA) is 38.0 Å². The van der Waals surface area contributed by atoms with E-state index in [0.29, 0.717) is 16.4 Å². The third kappa shape index (κ3) is 3.11. The molecular formula is C15H15FN2S2. The molecule has 3 N–H and O–H groups in total. The van der Waals surface area contributed by atoms with Crippen LogP contribution in [0.2, 0.25) is 0 Å². The lowest BCUT2D eigenvalue weighted by Crippen LogP contribution is -2.13. The summed E-state index contributed by atoms with van der Waals surface area (Å²) in [6.45, 7) is 1.91. The van der Waals surface area contributed by atoms with Gasteiger partial charge in [-0.2, -0.15) is 0 Å². The van der Waals surface area contributed by atoms with Gasteiger partial charge in [0.05, 0.1) is 5.69 Å². The summed E-state index contributed by atoms with van der Waals surface area (Å²) in [6.07, 6.45) is 1.95. The second-order valence-corrected chi connectivity index (χ2v) is 5.64. The highest BCUT2D eigenvalue weighted by Crippen LogP contribution is 2.30.